The third-order valence-electron chi connectivity index (χ3n) is 8.03. The van der Waals surface area contributed by atoms with Crippen LogP contribution in [-0.4, -0.2) is 43.9 Å². The first-order chi connectivity index (χ1) is 22.7. The van der Waals surface area contributed by atoms with Gasteiger partial charge in [-0.1, -0.05) is 45.9 Å². The van der Waals surface area contributed by atoms with Gasteiger partial charge in [-0.05, 0) is 89.4 Å². The van der Waals surface area contributed by atoms with Crippen LogP contribution in [0.15, 0.2) is 90.9 Å². The van der Waals surface area contributed by atoms with Gasteiger partial charge in [-0.25, -0.2) is 14.8 Å². The second-order valence-corrected chi connectivity index (χ2v) is 12.2. The molecule has 0 saturated heterocycles. The fraction of sp³-hybridized carbons (Fsp3) is 0.324. The number of benzene rings is 2. The van der Waals surface area contributed by atoms with Gasteiger partial charge in [-0.2, -0.15) is 5.10 Å². The Morgan fingerprint density at radius 2 is 1.83 bits per heavy atom. The highest BCUT2D eigenvalue weighted by Crippen LogP contribution is 2.38. The number of nitrogens with one attached hydrogen (secondary N) is 2. The number of carbonyl (C=O) groups is 1. The number of fused-ring (bicyclic) bond motifs is 1. The number of pyridine rings is 2. The zero-order valence-electron chi connectivity index (χ0n) is 27.6. The number of ether oxygens (including phenoxy) is 1. The number of aromatic nitrogens is 5. The van der Waals surface area contributed by atoms with E-state index in [1.807, 2.05) is 24.3 Å². The molecule has 5 aromatic rings. The topological polar surface area (TPSA) is 118 Å². The number of unbranched alkanes of at least 4 members (excludes halogenated alkanes) is 1. The van der Waals surface area contributed by atoms with Gasteiger partial charge in [0.05, 0.1) is 6.61 Å². The van der Waals surface area contributed by atoms with Crippen molar-refractivity contribution in [3.05, 3.63) is 108 Å². The Hall–Kier alpha value is -5.25. The number of hydrogen-bond acceptors (Lipinski definition) is 6. The van der Waals surface area contributed by atoms with E-state index < -0.39 is 0 Å². The Labute approximate surface area is 275 Å². The molecule has 0 radical (unpaired) electrons. The Balaban J connectivity index is 1.45. The summed E-state index contributed by atoms with van der Waals surface area (Å²) in [7, 11) is 0. The Kier molecular flexibility index (Phi) is 10.8. The number of anilines is 2. The van der Waals surface area contributed by atoms with Crippen molar-refractivity contribution < 1.29 is 9.53 Å². The van der Waals surface area contributed by atoms with E-state index in [-0.39, 0.29) is 29.1 Å². The maximum Gasteiger partial charge on any atom is 0.326 e. The molecule has 3 heterocycles. The highest BCUT2D eigenvalue weighted by molar-refractivity contribution is 6.03. The van der Waals surface area contributed by atoms with E-state index in [1.165, 1.54) is 11.2 Å². The molecule has 0 bridgehead atoms. The molecule has 0 aliphatic carbocycles. The molecule has 3 aromatic heterocycles. The average molecular weight is 634 g/mol. The van der Waals surface area contributed by atoms with Gasteiger partial charge in [0, 0.05) is 36.8 Å². The molecule has 2 N–H and O–H groups in total. The first-order valence-corrected chi connectivity index (χ1v) is 16.2. The van der Waals surface area contributed by atoms with E-state index in [1.54, 1.807) is 29.3 Å². The van der Waals surface area contributed by atoms with Gasteiger partial charge in [0.1, 0.15) is 29.7 Å². The molecule has 0 atom stereocenters. The molecule has 10 nitrogen and oxygen atoms in total. The summed E-state index contributed by atoms with van der Waals surface area (Å²) in [5.74, 6) is 1.02. The number of carbonyl (C=O) groups excluding carboxylic acids is 1. The van der Waals surface area contributed by atoms with E-state index in [9.17, 15) is 9.59 Å². The van der Waals surface area contributed by atoms with Gasteiger partial charge in [-0.15, -0.1) is 6.58 Å². The lowest BCUT2D eigenvalue weighted by Gasteiger charge is -2.27. The summed E-state index contributed by atoms with van der Waals surface area (Å²) in [5.41, 5.74) is 5.27. The quantitative estimate of drug-likeness (QED) is 0.0948. The predicted molar refractivity (Wildman–Crippen MR) is 188 cm³/mol. The third-order valence-corrected chi connectivity index (χ3v) is 8.03. The van der Waals surface area contributed by atoms with Gasteiger partial charge < -0.3 is 15.0 Å². The number of allylic oxidation sites excluding steroid dienone is 1. The van der Waals surface area contributed by atoms with Crippen LogP contribution in [0.5, 0.6) is 5.75 Å². The number of hydrogen-bond donors (Lipinski definition) is 2. The van der Waals surface area contributed by atoms with Crippen molar-refractivity contribution in [2.45, 2.75) is 65.3 Å². The fourth-order valence-corrected chi connectivity index (χ4v) is 5.56. The van der Waals surface area contributed by atoms with Crippen LogP contribution in [0.4, 0.5) is 16.2 Å². The van der Waals surface area contributed by atoms with Crippen LogP contribution in [0, 0.1) is 0 Å². The molecule has 0 aliphatic rings. The standard InChI is InChI=1S/C37H43N7O3/c1-6-7-8-17-44(33-22-28-13-10-15-39-35(28)42-36(33)45)37(46)41-34-31(25(2)3)20-29(21-32(34)26(4)5)27-12-9-14-30(19-27)47-18-11-16-43-24-38-23-40-43/h6,9-10,12-15,19-26H,1,7-8,11,16-18H2,2-5H3,(H,41,46)(H,39,42,45). The molecule has 0 spiro atoms. The molecule has 5 rings (SSSR count). The monoisotopic (exact) mass is 633 g/mol. The van der Waals surface area contributed by atoms with Crippen LogP contribution in [0.1, 0.15) is 69.9 Å². The minimum absolute atomic E-state index is 0.114. The molecular formula is C37H43N7O3. The van der Waals surface area contributed by atoms with Crippen molar-refractivity contribution in [3.8, 4) is 16.9 Å². The molecule has 10 heteroatoms. The van der Waals surface area contributed by atoms with Crippen molar-refractivity contribution in [1.82, 2.24) is 24.7 Å². The summed E-state index contributed by atoms with van der Waals surface area (Å²) >= 11 is 0. The van der Waals surface area contributed by atoms with Crippen LogP contribution >= 0.6 is 0 Å². The van der Waals surface area contributed by atoms with E-state index in [2.05, 4.69) is 83.9 Å². The molecule has 244 valence electrons. The molecule has 2 aromatic carbocycles. The summed E-state index contributed by atoms with van der Waals surface area (Å²) in [6.07, 6.45) is 8.86. The number of rotatable bonds is 14. The molecule has 0 unspecified atom stereocenters. The molecule has 0 aliphatic heterocycles. The number of aromatic amines is 1. The zero-order valence-corrected chi connectivity index (χ0v) is 27.6. The fourth-order valence-electron chi connectivity index (χ4n) is 5.56. The summed E-state index contributed by atoms with van der Waals surface area (Å²) < 4.78 is 7.87. The van der Waals surface area contributed by atoms with Gasteiger partial charge in [0.25, 0.3) is 5.56 Å². The lowest BCUT2D eigenvalue weighted by Crippen LogP contribution is -2.39. The van der Waals surface area contributed by atoms with Gasteiger partial charge >= 0.3 is 6.03 Å². The second kappa shape index (κ2) is 15.4. The molecule has 2 amide bonds. The van der Waals surface area contributed by atoms with Crippen LogP contribution in [0.2, 0.25) is 0 Å². The Bertz CT molecular complexity index is 1850. The van der Waals surface area contributed by atoms with E-state index in [0.29, 0.717) is 31.6 Å². The Morgan fingerprint density at radius 3 is 2.53 bits per heavy atom. The highest BCUT2D eigenvalue weighted by Gasteiger charge is 2.24. The van der Waals surface area contributed by atoms with Gasteiger partial charge in [0.2, 0.25) is 0 Å². The van der Waals surface area contributed by atoms with Gasteiger partial charge in [0.15, 0.2) is 0 Å². The number of aryl methyl sites for hydroxylation is 1. The van der Waals surface area contributed by atoms with Crippen LogP contribution in [-0.2, 0) is 6.54 Å². The summed E-state index contributed by atoms with van der Waals surface area (Å²) in [4.78, 5) is 40.0. The van der Waals surface area contributed by atoms with Crippen LogP contribution < -0.4 is 20.5 Å². The summed E-state index contributed by atoms with van der Waals surface area (Å²) in [6, 6.07) is 17.4. The lowest BCUT2D eigenvalue weighted by molar-refractivity contribution is 0.256. The van der Waals surface area contributed by atoms with Crippen molar-refractivity contribution in [1.29, 1.82) is 0 Å². The number of nitrogens with zero attached hydrogens (tertiary/aromatic N) is 5. The first-order valence-electron chi connectivity index (χ1n) is 16.2. The smallest absolute Gasteiger partial charge is 0.326 e. The Morgan fingerprint density at radius 1 is 1.04 bits per heavy atom. The SMILES string of the molecule is C=CCCCN(C(=O)Nc1c(C(C)C)cc(-c2cccc(OCCCn3cncn3)c2)cc1C(C)C)c1cc2cccnc2[nH]c1=O. The maximum atomic E-state index is 14.1. The first kappa shape index (κ1) is 33.1. The van der Waals surface area contributed by atoms with Crippen molar-refractivity contribution in [2.75, 3.05) is 23.4 Å². The molecule has 47 heavy (non-hydrogen) atoms. The molecule has 0 fully saturated rings. The third kappa shape index (κ3) is 8.13. The summed E-state index contributed by atoms with van der Waals surface area (Å²) in [5, 5.41) is 8.13. The van der Waals surface area contributed by atoms with Crippen molar-refractivity contribution in [3.63, 3.8) is 0 Å². The van der Waals surface area contributed by atoms with Gasteiger partial charge in [-0.3, -0.25) is 14.4 Å². The largest absolute Gasteiger partial charge is 0.494 e. The predicted octanol–water partition coefficient (Wildman–Crippen LogP) is 7.90. The number of H-pyrrole nitrogens is 1. The zero-order chi connectivity index (χ0) is 33.3. The van der Waals surface area contributed by atoms with E-state index >= 15 is 0 Å². The molecule has 0 saturated carbocycles. The minimum Gasteiger partial charge on any atom is -0.494 e. The summed E-state index contributed by atoms with van der Waals surface area (Å²) in [6.45, 7) is 14.0. The van der Waals surface area contributed by atoms with Crippen molar-refractivity contribution in [2.24, 2.45) is 0 Å². The lowest BCUT2D eigenvalue weighted by atomic mass is 9.88. The van der Waals surface area contributed by atoms with Crippen LogP contribution in [0.25, 0.3) is 22.2 Å². The van der Waals surface area contributed by atoms with E-state index in [0.717, 1.165) is 52.0 Å². The second-order valence-electron chi connectivity index (χ2n) is 12.2. The average Bonchev–Trinajstić information content (AvgIpc) is 3.58. The van der Waals surface area contributed by atoms with E-state index in [4.69, 9.17) is 4.74 Å². The highest BCUT2D eigenvalue weighted by atomic mass is 16.5. The molecular weight excluding hydrogens is 590 g/mol. The van der Waals surface area contributed by atoms with Crippen LogP contribution in [0.3, 0.4) is 0 Å². The maximum absolute atomic E-state index is 14.1. The van der Waals surface area contributed by atoms with Crippen molar-refractivity contribution >= 4 is 28.4 Å². The number of amides is 2. The normalized spacial score (nSPS) is 11.3. The minimum atomic E-state index is -0.367. The number of urea groups is 1.